The molecule has 0 aliphatic heterocycles. The molecular weight excluding hydrogens is 304 g/mol. The van der Waals surface area contributed by atoms with Crippen molar-refractivity contribution in [3.05, 3.63) is 59.7 Å². The van der Waals surface area contributed by atoms with Crippen LogP contribution in [-0.4, -0.2) is 21.3 Å². The Morgan fingerprint density at radius 3 is 1.79 bits per heavy atom. The zero-order valence-corrected chi connectivity index (χ0v) is 13.6. The molecule has 2 unspecified atom stereocenters. The predicted molar refractivity (Wildman–Crippen MR) is 91.1 cm³/mol. The van der Waals surface area contributed by atoms with Gasteiger partial charge in [-0.2, -0.15) is 0 Å². The quantitative estimate of drug-likeness (QED) is 0.799. The Hall–Kier alpha value is -2.49. The highest BCUT2D eigenvalue weighted by molar-refractivity contribution is 5.74. The summed E-state index contributed by atoms with van der Waals surface area (Å²) in [5.41, 5.74) is 1.11. The smallest absolute Gasteiger partial charge is 0.307 e. The molecule has 2 aromatic rings. The number of benzene rings is 2. The second-order valence-electron chi connectivity index (χ2n) is 6.69. The van der Waals surface area contributed by atoms with Gasteiger partial charge >= 0.3 is 5.97 Å². The number of carbonyl (C=O) groups is 1. The largest absolute Gasteiger partial charge is 0.508 e. The van der Waals surface area contributed by atoms with E-state index in [1.54, 1.807) is 24.3 Å². The van der Waals surface area contributed by atoms with Crippen molar-refractivity contribution in [3.63, 3.8) is 0 Å². The number of carboxylic acid groups (broad SMARTS) is 1. The summed E-state index contributed by atoms with van der Waals surface area (Å²) in [6, 6.07) is 13.7. The van der Waals surface area contributed by atoms with Gasteiger partial charge in [0.25, 0.3) is 0 Å². The molecule has 1 saturated carbocycles. The van der Waals surface area contributed by atoms with Crippen LogP contribution < -0.4 is 0 Å². The van der Waals surface area contributed by atoms with Crippen molar-refractivity contribution in [2.75, 3.05) is 0 Å². The molecule has 3 N–H and O–H groups in total. The van der Waals surface area contributed by atoms with Gasteiger partial charge in [-0.05, 0) is 54.2 Å². The van der Waals surface area contributed by atoms with Crippen LogP contribution in [0.2, 0.25) is 0 Å². The molecule has 0 aromatic heterocycles. The van der Waals surface area contributed by atoms with Gasteiger partial charge in [0.05, 0.1) is 5.92 Å². The fraction of sp³-hybridized carbons (Fsp3) is 0.350. The van der Waals surface area contributed by atoms with Crippen molar-refractivity contribution in [2.24, 2.45) is 11.8 Å². The summed E-state index contributed by atoms with van der Waals surface area (Å²) in [6.45, 7) is 2.09. The summed E-state index contributed by atoms with van der Waals surface area (Å²) < 4.78 is 0. The topological polar surface area (TPSA) is 77.8 Å². The molecule has 2 atom stereocenters. The van der Waals surface area contributed by atoms with E-state index < -0.39 is 17.3 Å². The molecule has 24 heavy (non-hydrogen) atoms. The minimum absolute atomic E-state index is 0.126. The van der Waals surface area contributed by atoms with Crippen molar-refractivity contribution < 1.29 is 20.1 Å². The Kier molecular flexibility index (Phi) is 4.22. The zero-order chi connectivity index (χ0) is 17.3. The molecule has 1 aliphatic carbocycles. The lowest BCUT2D eigenvalue weighted by molar-refractivity contribution is -0.146. The summed E-state index contributed by atoms with van der Waals surface area (Å²) in [5, 5.41) is 29.2. The number of aliphatic carboxylic acids is 1. The highest BCUT2D eigenvalue weighted by atomic mass is 16.4. The molecule has 126 valence electrons. The lowest BCUT2D eigenvalue weighted by Crippen LogP contribution is -2.48. The highest BCUT2D eigenvalue weighted by Crippen LogP contribution is 2.52. The maximum Gasteiger partial charge on any atom is 0.307 e. The van der Waals surface area contributed by atoms with E-state index in [-0.39, 0.29) is 17.4 Å². The number of phenolic OH excluding ortho intramolecular Hbond substituents is 2. The first-order valence-corrected chi connectivity index (χ1v) is 8.28. The van der Waals surface area contributed by atoms with E-state index in [1.165, 1.54) is 0 Å². The third kappa shape index (κ3) is 2.52. The molecule has 0 spiro atoms. The van der Waals surface area contributed by atoms with Crippen LogP contribution in [0.1, 0.15) is 37.3 Å². The lowest BCUT2D eigenvalue weighted by atomic mass is 9.54. The lowest BCUT2D eigenvalue weighted by Gasteiger charge is -2.48. The van der Waals surface area contributed by atoms with Gasteiger partial charge in [-0.25, -0.2) is 0 Å². The maximum atomic E-state index is 12.1. The summed E-state index contributed by atoms with van der Waals surface area (Å²) in [5.74, 6) is -0.899. The van der Waals surface area contributed by atoms with Gasteiger partial charge in [0.1, 0.15) is 11.5 Å². The van der Waals surface area contributed by atoms with Crippen LogP contribution in [0, 0.1) is 11.8 Å². The number of carboxylic acids is 1. The van der Waals surface area contributed by atoms with E-state index in [2.05, 4.69) is 6.92 Å². The van der Waals surface area contributed by atoms with E-state index in [1.807, 2.05) is 24.3 Å². The molecule has 0 saturated heterocycles. The van der Waals surface area contributed by atoms with Crippen LogP contribution in [0.5, 0.6) is 11.5 Å². The van der Waals surface area contributed by atoms with Crippen LogP contribution in [-0.2, 0) is 10.2 Å². The van der Waals surface area contributed by atoms with E-state index in [0.29, 0.717) is 6.42 Å². The Balaban J connectivity index is 2.27. The number of aromatic hydroxyl groups is 2. The third-order valence-corrected chi connectivity index (χ3v) is 5.44. The summed E-state index contributed by atoms with van der Waals surface area (Å²) in [7, 11) is 0. The molecule has 4 heteroatoms. The summed E-state index contributed by atoms with van der Waals surface area (Å²) >= 11 is 0. The fourth-order valence-electron chi connectivity index (χ4n) is 4.36. The van der Waals surface area contributed by atoms with Crippen molar-refractivity contribution in [1.29, 1.82) is 0 Å². The predicted octanol–water partition coefficient (Wildman–Crippen LogP) is 3.90. The van der Waals surface area contributed by atoms with E-state index in [4.69, 9.17) is 0 Å². The van der Waals surface area contributed by atoms with Gasteiger partial charge in [0.15, 0.2) is 0 Å². The number of hydrogen-bond donors (Lipinski definition) is 3. The molecule has 2 aromatic carbocycles. The molecule has 0 bridgehead atoms. The zero-order valence-electron chi connectivity index (χ0n) is 13.6. The van der Waals surface area contributed by atoms with Crippen LogP contribution in [0.3, 0.4) is 0 Å². The fourth-order valence-corrected chi connectivity index (χ4v) is 4.36. The average molecular weight is 326 g/mol. The Labute approximate surface area is 141 Å². The first-order chi connectivity index (χ1) is 11.5. The Morgan fingerprint density at radius 1 is 0.917 bits per heavy atom. The van der Waals surface area contributed by atoms with Crippen LogP contribution in [0.4, 0.5) is 0 Å². The second-order valence-corrected chi connectivity index (χ2v) is 6.69. The molecule has 1 aliphatic rings. The monoisotopic (exact) mass is 326 g/mol. The van der Waals surface area contributed by atoms with Crippen LogP contribution in [0.15, 0.2) is 48.5 Å². The van der Waals surface area contributed by atoms with E-state index in [0.717, 1.165) is 24.0 Å². The van der Waals surface area contributed by atoms with Gasteiger partial charge < -0.3 is 15.3 Å². The third-order valence-electron chi connectivity index (χ3n) is 5.44. The van der Waals surface area contributed by atoms with Crippen LogP contribution >= 0.6 is 0 Å². The van der Waals surface area contributed by atoms with Crippen molar-refractivity contribution >= 4 is 5.97 Å². The number of hydrogen-bond acceptors (Lipinski definition) is 3. The number of phenols is 2. The first kappa shape index (κ1) is 16.4. The minimum atomic E-state index is -0.803. The maximum absolute atomic E-state index is 12.1. The standard InChI is InChI=1S/C20H22O4/c1-13-3-2-4-18(19(23)24)20(13,14-5-9-16(21)10-6-14)15-7-11-17(22)12-8-15/h5-13,18,21-22H,2-4H2,1H3,(H,23,24). The molecule has 0 radical (unpaired) electrons. The van der Waals surface area contributed by atoms with Gasteiger partial charge in [0.2, 0.25) is 0 Å². The number of rotatable bonds is 3. The molecule has 0 heterocycles. The summed E-state index contributed by atoms with van der Waals surface area (Å²) in [6.07, 6.45) is 2.43. The molecular formula is C20H22O4. The molecule has 0 amide bonds. The van der Waals surface area contributed by atoms with E-state index in [9.17, 15) is 20.1 Å². The SMILES string of the molecule is CC1CCCC(C(=O)O)C1(c1ccc(O)cc1)c1ccc(O)cc1. The highest BCUT2D eigenvalue weighted by Gasteiger charge is 2.51. The van der Waals surface area contributed by atoms with Gasteiger partial charge in [-0.15, -0.1) is 0 Å². The first-order valence-electron chi connectivity index (χ1n) is 8.28. The molecule has 3 rings (SSSR count). The second kappa shape index (κ2) is 6.19. The summed E-state index contributed by atoms with van der Waals surface area (Å²) in [4.78, 5) is 12.1. The van der Waals surface area contributed by atoms with Gasteiger partial charge in [-0.1, -0.05) is 37.6 Å². The average Bonchev–Trinajstić information content (AvgIpc) is 2.56. The normalized spacial score (nSPS) is 22.9. The van der Waals surface area contributed by atoms with Crippen molar-refractivity contribution in [2.45, 2.75) is 31.6 Å². The Bertz CT molecular complexity index is 673. The molecule has 4 nitrogen and oxygen atoms in total. The van der Waals surface area contributed by atoms with Gasteiger partial charge in [0, 0.05) is 5.41 Å². The van der Waals surface area contributed by atoms with Gasteiger partial charge in [-0.3, -0.25) is 4.79 Å². The minimum Gasteiger partial charge on any atom is -0.508 e. The molecule has 1 fully saturated rings. The Morgan fingerprint density at radius 2 is 1.38 bits per heavy atom. The van der Waals surface area contributed by atoms with Crippen LogP contribution in [0.25, 0.3) is 0 Å². The van der Waals surface area contributed by atoms with E-state index >= 15 is 0 Å². The van der Waals surface area contributed by atoms with Crippen molar-refractivity contribution in [3.8, 4) is 11.5 Å². The van der Waals surface area contributed by atoms with Crippen molar-refractivity contribution in [1.82, 2.24) is 0 Å².